The van der Waals surface area contributed by atoms with Crippen molar-refractivity contribution in [2.24, 2.45) is 0 Å². The number of hydrogen-bond donors (Lipinski definition) is 2. The average Bonchev–Trinajstić information content (AvgIpc) is 3.00. The molecule has 0 radical (unpaired) electrons. The molecule has 0 saturated heterocycles. The maximum absolute atomic E-state index is 5.99. The molecule has 0 bridgehead atoms. The Morgan fingerprint density at radius 3 is 2.52 bits per heavy atom. The predicted octanol–water partition coefficient (Wildman–Crippen LogP) is 5.81. The lowest BCUT2D eigenvalue weighted by Gasteiger charge is -2.09. The Morgan fingerprint density at radius 2 is 1.80 bits per heavy atom. The summed E-state index contributed by atoms with van der Waals surface area (Å²) in [7, 11) is 0. The number of nitrogens with one attached hydrogen (secondary N) is 2. The van der Waals surface area contributed by atoms with E-state index in [2.05, 4.69) is 43.8 Å². The lowest BCUT2D eigenvalue weighted by molar-refractivity contribution is 0.690. The molecule has 2 N–H and O–H groups in total. The van der Waals surface area contributed by atoms with Gasteiger partial charge < -0.3 is 10.6 Å². The summed E-state index contributed by atoms with van der Waals surface area (Å²) < 4.78 is 2.89. The number of hydrogen-bond acceptors (Lipinski definition) is 2. The van der Waals surface area contributed by atoms with Gasteiger partial charge in [-0.05, 0) is 48.1 Å². The van der Waals surface area contributed by atoms with Gasteiger partial charge in [0.1, 0.15) is 0 Å². The summed E-state index contributed by atoms with van der Waals surface area (Å²) in [5.41, 5.74) is 1.91. The molecule has 0 spiro atoms. The zero-order valence-electron chi connectivity index (χ0n) is 12.8. The van der Waals surface area contributed by atoms with Gasteiger partial charge in [-0.1, -0.05) is 51.3 Å². The first-order valence-corrected chi connectivity index (χ1v) is 9.26. The molecule has 1 aromatic heterocycles. The highest BCUT2D eigenvalue weighted by atomic mass is 79.9. The minimum Gasteiger partial charge on any atom is -0.332 e. The topological polar surface area (TPSA) is 41.9 Å². The fourth-order valence-electron chi connectivity index (χ4n) is 2.15. The SMILES string of the molecule is S=C(Nc1ccc(Cl)c(Cl)c1)Nc1ccn(Cc2ccc(Br)cc2)n1. The maximum atomic E-state index is 5.99. The van der Waals surface area contributed by atoms with E-state index in [1.54, 1.807) is 18.2 Å². The van der Waals surface area contributed by atoms with Gasteiger partial charge in [-0.15, -0.1) is 0 Å². The second-order valence-corrected chi connectivity index (χ2v) is 7.37. The summed E-state index contributed by atoms with van der Waals surface area (Å²) in [6, 6.07) is 15.2. The summed E-state index contributed by atoms with van der Waals surface area (Å²) in [5.74, 6) is 0.662. The predicted molar refractivity (Wildman–Crippen MR) is 112 cm³/mol. The van der Waals surface area contributed by atoms with Crippen molar-refractivity contribution in [2.75, 3.05) is 10.6 Å². The number of halogens is 3. The lowest BCUT2D eigenvalue weighted by Crippen LogP contribution is -2.19. The summed E-state index contributed by atoms with van der Waals surface area (Å²) in [4.78, 5) is 0. The summed E-state index contributed by atoms with van der Waals surface area (Å²) in [6.45, 7) is 0.682. The molecular weight excluding hydrogens is 443 g/mol. The number of thiocarbonyl (C=S) groups is 1. The molecule has 128 valence electrons. The van der Waals surface area contributed by atoms with E-state index in [1.807, 2.05) is 29.1 Å². The van der Waals surface area contributed by atoms with Crippen LogP contribution < -0.4 is 10.6 Å². The van der Waals surface area contributed by atoms with E-state index in [0.29, 0.717) is 27.5 Å². The van der Waals surface area contributed by atoms with E-state index in [9.17, 15) is 0 Å². The second-order valence-electron chi connectivity index (χ2n) is 5.23. The van der Waals surface area contributed by atoms with Gasteiger partial charge in [-0.3, -0.25) is 4.68 Å². The molecule has 1 heterocycles. The van der Waals surface area contributed by atoms with E-state index in [0.717, 1.165) is 15.7 Å². The quantitative estimate of drug-likeness (QED) is 0.487. The zero-order chi connectivity index (χ0) is 17.8. The molecule has 0 unspecified atom stereocenters. The molecule has 4 nitrogen and oxygen atoms in total. The Kier molecular flexibility index (Phi) is 5.96. The maximum Gasteiger partial charge on any atom is 0.176 e. The molecule has 0 aliphatic carbocycles. The Hall–Kier alpha value is -1.60. The van der Waals surface area contributed by atoms with Crippen LogP contribution in [0.15, 0.2) is 59.2 Å². The van der Waals surface area contributed by atoms with Crippen LogP contribution >= 0.6 is 51.3 Å². The fourth-order valence-corrected chi connectivity index (χ4v) is 2.93. The van der Waals surface area contributed by atoms with Crippen LogP contribution in [0.1, 0.15) is 5.56 Å². The number of rotatable bonds is 4. The third kappa shape index (κ3) is 5.19. The standard InChI is InChI=1S/C17H13BrCl2N4S/c18-12-3-1-11(2-4-12)10-24-8-7-16(23-24)22-17(25)21-13-5-6-14(19)15(20)9-13/h1-9H,10H2,(H2,21,22,23,25). The highest BCUT2D eigenvalue weighted by Gasteiger charge is 2.05. The molecule has 3 aromatic rings. The van der Waals surface area contributed by atoms with Crippen LogP contribution in [0.4, 0.5) is 11.5 Å². The molecule has 0 aliphatic heterocycles. The van der Waals surface area contributed by atoms with Gasteiger partial charge in [0.15, 0.2) is 10.9 Å². The fraction of sp³-hybridized carbons (Fsp3) is 0.0588. The van der Waals surface area contributed by atoms with Crippen LogP contribution in [-0.2, 0) is 6.54 Å². The first-order chi connectivity index (χ1) is 12.0. The molecule has 0 amide bonds. The average molecular weight is 456 g/mol. The third-order valence-corrected chi connectivity index (χ3v) is 4.79. The van der Waals surface area contributed by atoms with Gasteiger partial charge in [-0.25, -0.2) is 0 Å². The van der Waals surface area contributed by atoms with Crippen LogP contribution in [-0.4, -0.2) is 14.9 Å². The van der Waals surface area contributed by atoms with Crippen molar-refractivity contribution in [2.45, 2.75) is 6.54 Å². The Morgan fingerprint density at radius 1 is 1.04 bits per heavy atom. The van der Waals surface area contributed by atoms with Crippen LogP contribution in [0.2, 0.25) is 10.0 Å². The van der Waals surface area contributed by atoms with Crippen molar-refractivity contribution in [1.29, 1.82) is 0 Å². The monoisotopic (exact) mass is 454 g/mol. The van der Waals surface area contributed by atoms with Crippen molar-refractivity contribution in [1.82, 2.24) is 9.78 Å². The molecule has 25 heavy (non-hydrogen) atoms. The molecule has 0 aliphatic rings. The third-order valence-electron chi connectivity index (χ3n) is 3.32. The number of aromatic nitrogens is 2. The molecule has 0 fully saturated rings. The normalized spacial score (nSPS) is 10.5. The van der Waals surface area contributed by atoms with Crippen molar-refractivity contribution >= 4 is 68.0 Å². The first-order valence-electron chi connectivity index (χ1n) is 7.30. The smallest absolute Gasteiger partial charge is 0.176 e. The summed E-state index contributed by atoms with van der Waals surface area (Å²) in [5, 5.41) is 11.9. The number of anilines is 2. The van der Waals surface area contributed by atoms with E-state index in [1.165, 1.54) is 0 Å². The number of nitrogens with zero attached hydrogens (tertiary/aromatic N) is 2. The van der Waals surface area contributed by atoms with E-state index in [-0.39, 0.29) is 0 Å². The minimum atomic E-state index is 0.423. The first kappa shape index (κ1) is 18.2. The molecular formula is C17H13BrCl2N4S. The van der Waals surface area contributed by atoms with Crippen molar-refractivity contribution in [3.05, 3.63) is 74.8 Å². The molecule has 0 saturated carbocycles. The molecule has 0 atom stereocenters. The van der Waals surface area contributed by atoms with Crippen LogP contribution in [0.25, 0.3) is 0 Å². The van der Waals surface area contributed by atoms with Gasteiger partial charge >= 0.3 is 0 Å². The molecule has 2 aromatic carbocycles. The molecule has 8 heteroatoms. The van der Waals surface area contributed by atoms with E-state index >= 15 is 0 Å². The van der Waals surface area contributed by atoms with Crippen LogP contribution in [0.3, 0.4) is 0 Å². The van der Waals surface area contributed by atoms with E-state index < -0.39 is 0 Å². The minimum absolute atomic E-state index is 0.423. The Labute approximate surface area is 169 Å². The Bertz CT molecular complexity index is 896. The van der Waals surface area contributed by atoms with Crippen molar-refractivity contribution in [3.8, 4) is 0 Å². The zero-order valence-corrected chi connectivity index (χ0v) is 16.8. The lowest BCUT2D eigenvalue weighted by atomic mass is 10.2. The van der Waals surface area contributed by atoms with E-state index in [4.69, 9.17) is 35.4 Å². The highest BCUT2D eigenvalue weighted by Crippen LogP contribution is 2.25. The summed E-state index contributed by atoms with van der Waals surface area (Å²) in [6.07, 6.45) is 1.89. The van der Waals surface area contributed by atoms with Gasteiger partial charge in [-0.2, -0.15) is 5.10 Å². The Balaban J connectivity index is 1.59. The van der Waals surface area contributed by atoms with Crippen molar-refractivity contribution in [3.63, 3.8) is 0 Å². The number of benzene rings is 2. The second kappa shape index (κ2) is 8.19. The highest BCUT2D eigenvalue weighted by molar-refractivity contribution is 9.10. The van der Waals surface area contributed by atoms with Crippen LogP contribution in [0.5, 0.6) is 0 Å². The van der Waals surface area contributed by atoms with Gasteiger partial charge in [0.2, 0.25) is 0 Å². The van der Waals surface area contributed by atoms with Crippen LogP contribution in [0, 0.1) is 0 Å². The van der Waals surface area contributed by atoms with Gasteiger partial charge in [0.25, 0.3) is 0 Å². The molecule has 3 rings (SSSR count). The summed E-state index contributed by atoms with van der Waals surface area (Å²) >= 11 is 20.6. The largest absolute Gasteiger partial charge is 0.332 e. The van der Waals surface area contributed by atoms with Crippen molar-refractivity contribution < 1.29 is 0 Å². The van der Waals surface area contributed by atoms with Gasteiger partial charge in [0, 0.05) is 22.4 Å². The van der Waals surface area contributed by atoms with Gasteiger partial charge in [0.05, 0.1) is 16.6 Å².